The van der Waals surface area contributed by atoms with E-state index in [1.165, 1.54) is 12.1 Å². The second-order valence-electron chi connectivity index (χ2n) is 5.27. The summed E-state index contributed by atoms with van der Waals surface area (Å²) < 4.78 is 18.4. The molecule has 0 aromatic heterocycles. The summed E-state index contributed by atoms with van der Waals surface area (Å²) in [5.41, 5.74) is 4.94. The van der Waals surface area contributed by atoms with E-state index in [4.69, 9.17) is 10.5 Å². The molecule has 0 heterocycles. The number of amides is 1. The molecule has 1 fully saturated rings. The Kier molecular flexibility index (Phi) is 4.60. The Bertz CT molecular complexity index is 463. The minimum absolute atomic E-state index is 0.186. The Morgan fingerprint density at radius 1 is 1.50 bits per heavy atom. The molecule has 110 valence electrons. The molecule has 0 saturated heterocycles. The van der Waals surface area contributed by atoms with E-state index in [0.717, 1.165) is 25.7 Å². The van der Waals surface area contributed by atoms with Crippen LogP contribution in [0.5, 0.6) is 5.75 Å². The number of carbonyl (C=O) groups excluding carboxylic acids is 1. The molecule has 2 atom stereocenters. The number of ether oxygens (including phenoxy) is 1. The lowest BCUT2D eigenvalue weighted by molar-refractivity contribution is -0.125. The minimum atomic E-state index is -0.605. The van der Waals surface area contributed by atoms with Crippen LogP contribution in [0.3, 0.4) is 0 Å². The molecule has 1 aromatic carbocycles. The fourth-order valence-electron chi connectivity index (χ4n) is 3.10. The number of nitrogens with one attached hydrogen (secondary N) is 1. The summed E-state index contributed by atoms with van der Waals surface area (Å²) in [6, 6.07) is 5.94. The molecule has 2 unspecified atom stereocenters. The molecule has 1 amide bonds. The SMILES string of the molecule is CNC1(C(N)=O)CCCC1CCOc1ccc(F)cc1. The zero-order valence-electron chi connectivity index (χ0n) is 11.7. The number of hydrogen-bond donors (Lipinski definition) is 2. The molecule has 5 heteroatoms. The highest BCUT2D eigenvalue weighted by Gasteiger charge is 2.46. The Hall–Kier alpha value is -1.62. The molecular formula is C15H21FN2O2. The van der Waals surface area contributed by atoms with E-state index in [9.17, 15) is 9.18 Å². The van der Waals surface area contributed by atoms with Gasteiger partial charge in [0.25, 0.3) is 0 Å². The average molecular weight is 280 g/mol. The topological polar surface area (TPSA) is 64.3 Å². The van der Waals surface area contributed by atoms with Crippen molar-refractivity contribution in [1.82, 2.24) is 5.32 Å². The van der Waals surface area contributed by atoms with Crippen LogP contribution in [0.1, 0.15) is 25.7 Å². The van der Waals surface area contributed by atoms with Crippen LogP contribution in [0.4, 0.5) is 4.39 Å². The molecular weight excluding hydrogens is 259 g/mol. The second kappa shape index (κ2) is 6.22. The van der Waals surface area contributed by atoms with E-state index in [0.29, 0.717) is 12.4 Å². The van der Waals surface area contributed by atoms with Gasteiger partial charge in [-0.3, -0.25) is 4.79 Å². The maximum absolute atomic E-state index is 12.8. The van der Waals surface area contributed by atoms with Crippen molar-refractivity contribution in [2.75, 3.05) is 13.7 Å². The van der Waals surface area contributed by atoms with Gasteiger partial charge in [-0.1, -0.05) is 6.42 Å². The van der Waals surface area contributed by atoms with Gasteiger partial charge in [-0.25, -0.2) is 4.39 Å². The van der Waals surface area contributed by atoms with Gasteiger partial charge in [0.05, 0.1) is 6.61 Å². The van der Waals surface area contributed by atoms with Crippen LogP contribution >= 0.6 is 0 Å². The number of halogens is 1. The van der Waals surface area contributed by atoms with Gasteiger partial charge in [-0.2, -0.15) is 0 Å². The predicted molar refractivity (Wildman–Crippen MR) is 74.8 cm³/mol. The number of nitrogens with two attached hydrogens (primary N) is 1. The molecule has 0 bridgehead atoms. The second-order valence-corrected chi connectivity index (χ2v) is 5.27. The van der Waals surface area contributed by atoms with E-state index >= 15 is 0 Å². The van der Waals surface area contributed by atoms with Crippen LogP contribution in [0.25, 0.3) is 0 Å². The largest absolute Gasteiger partial charge is 0.494 e. The maximum atomic E-state index is 12.8. The van der Waals surface area contributed by atoms with Gasteiger partial charge in [0.15, 0.2) is 0 Å². The Labute approximate surface area is 118 Å². The van der Waals surface area contributed by atoms with Crippen molar-refractivity contribution in [2.24, 2.45) is 11.7 Å². The number of benzene rings is 1. The Balaban J connectivity index is 1.90. The van der Waals surface area contributed by atoms with Gasteiger partial charge >= 0.3 is 0 Å². The number of carbonyl (C=O) groups is 1. The fraction of sp³-hybridized carbons (Fsp3) is 0.533. The predicted octanol–water partition coefficient (Wildman–Crippen LogP) is 1.84. The molecule has 0 radical (unpaired) electrons. The minimum Gasteiger partial charge on any atom is -0.494 e. The Morgan fingerprint density at radius 3 is 2.80 bits per heavy atom. The normalized spacial score (nSPS) is 25.6. The first kappa shape index (κ1) is 14.8. The zero-order chi connectivity index (χ0) is 14.6. The molecule has 0 aliphatic heterocycles. The molecule has 2 rings (SSSR count). The highest BCUT2D eigenvalue weighted by molar-refractivity contribution is 5.85. The van der Waals surface area contributed by atoms with Crippen LogP contribution < -0.4 is 15.8 Å². The molecule has 1 aromatic rings. The first-order valence-corrected chi connectivity index (χ1v) is 6.95. The van der Waals surface area contributed by atoms with Crippen molar-refractivity contribution >= 4 is 5.91 Å². The standard InChI is InChI=1S/C15H21FN2O2/c1-18-15(14(17)19)9-2-3-11(15)8-10-20-13-6-4-12(16)5-7-13/h4-7,11,18H,2-3,8-10H2,1H3,(H2,17,19). The molecule has 0 spiro atoms. The summed E-state index contributed by atoms with van der Waals surface area (Å²) in [7, 11) is 1.78. The smallest absolute Gasteiger partial charge is 0.238 e. The summed E-state index contributed by atoms with van der Waals surface area (Å²) in [4.78, 5) is 11.7. The van der Waals surface area contributed by atoms with E-state index < -0.39 is 5.54 Å². The molecule has 1 aliphatic rings. The molecule has 20 heavy (non-hydrogen) atoms. The van der Waals surface area contributed by atoms with Gasteiger partial charge in [-0.15, -0.1) is 0 Å². The van der Waals surface area contributed by atoms with Crippen molar-refractivity contribution < 1.29 is 13.9 Å². The third kappa shape index (κ3) is 2.93. The Morgan fingerprint density at radius 2 is 2.20 bits per heavy atom. The first-order valence-electron chi connectivity index (χ1n) is 6.95. The van der Waals surface area contributed by atoms with Crippen molar-refractivity contribution in [3.8, 4) is 5.75 Å². The summed E-state index contributed by atoms with van der Waals surface area (Å²) >= 11 is 0. The number of likely N-dealkylation sites (N-methyl/N-ethyl adjacent to an activating group) is 1. The first-order chi connectivity index (χ1) is 9.58. The highest BCUT2D eigenvalue weighted by atomic mass is 19.1. The highest BCUT2D eigenvalue weighted by Crippen LogP contribution is 2.37. The van der Waals surface area contributed by atoms with Crippen LogP contribution in [0.15, 0.2) is 24.3 Å². The van der Waals surface area contributed by atoms with Crippen molar-refractivity contribution in [2.45, 2.75) is 31.2 Å². The number of rotatable bonds is 6. The summed E-state index contributed by atoms with van der Waals surface area (Å²) in [5, 5.41) is 3.10. The van der Waals surface area contributed by atoms with E-state index in [2.05, 4.69) is 5.32 Å². The molecule has 4 nitrogen and oxygen atoms in total. The quantitative estimate of drug-likeness (QED) is 0.835. The van der Waals surface area contributed by atoms with Gasteiger partial charge in [0.2, 0.25) is 5.91 Å². The fourth-order valence-corrected chi connectivity index (χ4v) is 3.10. The van der Waals surface area contributed by atoms with Gasteiger partial charge in [0.1, 0.15) is 17.1 Å². The third-order valence-corrected chi connectivity index (χ3v) is 4.26. The average Bonchev–Trinajstić information content (AvgIpc) is 2.85. The maximum Gasteiger partial charge on any atom is 0.238 e. The lowest BCUT2D eigenvalue weighted by Crippen LogP contribution is -2.56. The van der Waals surface area contributed by atoms with Crippen molar-refractivity contribution in [3.05, 3.63) is 30.1 Å². The lowest BCUT2D eigenvalue weighted by Gasteiger charge is -2.32. The zero-order valence-corrected chi connectivity index (χ0v) is 11.7. The third-order valence-electron chi connectivity index (χ3n) is 4.26. The summed E-state index contributed by atoms with van der Waals surface area (Å²) in [6.07, 6.45) is 3.49. The van der Waals surface area contributed by atoms with Crippen LogP contribution in [0, 0.1) is 11.7 Å². The van der Waals surface area contributed by atoms with Gasteiger partial charge in [0, 0.05) is 0 Å². The van der Waals surface area contributed by atoms with Crippen LogP contribution in [-0.4, -0.2) is 25.1 Å². The molecule has 1 aliphatic carbocycles. The molecule has 1 saturated carbocycles. The monoisotopic (exact) mass is 280 g/mol. The lowest BCUT2D eigenvalue weighted by atomic mass is 9.84. The van der Waals surface area contributed by atoms with Crippen LogP contribution in [-0.2, 0) is 4.79 Å². The van der Waals surface area contributed by atoms with Crippen LogP contribution in [0.2, 0.25) is 0 Å². The summed E-state index contributed by atoms with van der Waals surface area (Å²) in [5.74, 6) is 0.254. The van der Waals surface area contributed by atoms with E-state index in [-0.39, 0.29) is 17.6 Å². The summed E-state index contributed by atoms with van der Waals surface area (Å²) in [6.45, 7) is 0.493. The van der Waals surface area contributed by atoms with E-state index in [1.807, 2.05) is 0 Å². The van der Waals surface area contributed by atoms with Gasteiger partial charge in [-0.05, 0) is 56.5 Å². The van der Waals surface area contributed by atoms with Crippen molar-refractivity contribution in [3.63, 3.8) is 0 Å². The molecule has 3 N–H and O–H groups in total. The van der Waals surface area contributed by atoms with E-state index in [1.54, 1.807) is 19.2 Å². The van der Waals surface area contributed by atoms with Crippen molar-refractivity contribution in [1.29, 1.82) is 0 Å². The number of hydrogen-bond acceptors (Lipinski definition) is 3. The number of primary amides is 1. The van der Waals surface area contributed by atoms with Gasteiger partial charge < -0.3 is 15.8 Å².